The molecule has 0 aliphatic carbocycles. The van der Waals surface area contributed by atoms with Gasteiger partial charge in [-0.15, -0.1) is 0 Å². The van der Waals surface area contributed by atoms with Crippen molar-refractivity contribution in [2.75, 3.05) is 13.2 Å². The second-order valence-electron chi connectivity index (χ2n) is 3.65. The molecular weight excluding hydrogens is 156 g/mol. The zero-order valence-corrected chi connectivity index (χ0v) is 7.92. The van der Waals surface area contributed by atoms with Gasteiger partial charge in [0.05, 0.1) is 12.0 Å². The fourth-order valence-corrected chi connectivity index (χ4v) is 0.558. The number of hydrogen-bond donors (Lipinski definition) is 3. The lowest BCUT2D eigenvalue weighted by molar-refractivity contribution is -0.129. The summed E-state index contributed by atoms with van der Waals surface area (Å²) in [5, 5.41) is 11.3. The largest absolute Gasteiger partial charge is 0.394 e. The van der Waals surface area contributed by atoms with Gasteiger partial charge >= 0.3 is 0 Å². The Morgan fingerprint density at radius 3 is 2.50 bits per heavy atom. The summed E-state index contributed by atoms with van der Waals surface area (Å²) in [7, 11) is 0. The van der Waals surface area contributed by atoms with Crippen LogP contribution in [-0.4, -0.2) is 30.2 Å². The maximum absolute atomic E-state index is 11.4. The molecule has 0 unspecified atom stereocenters. The van der Waals surface area contributed by atoms with E-state index in [9.17, 15) is 4.79 Å². The Kier molecular flexibility index (Phi) is 4.20. The number of nitrogens with one attached hydrogen (secondary N) is 1. The first-order valence-corrected chi connectivity index (χ1v) is 4.06. The average molecular weight is 174 g/mol. The summed E-state index contributed by atoms with van der Waals surface area (Å²) in [5.74, 6) is -0.119. The van der Waals surface area contributed by atoms with Gasteiger partial charge in [0.25, 0.3) is 0 Å². The van der Waals surface area contributed by atoms with Crippen molar-refractivity contribution in [3.8, 4) is 0 Å². The molecule has 0 aliphatic rings. The molecule has 4 N–H and O–H groups in total. The number of carbonyl (C=O) groups is 1. The first-order chi connectivity index (χ1) is 5.44. The molecule has 0 spiro atoms. The number of rotatable bonds is 4. The Bertz CT molecular complexity index is 157. The molecule has 4 nitrogen and oxygen atoms in total. The van der Waals surface area contributed by atoms with E-state index in [1.807, 2.05) is 0 Å². The van der Waals surface area contributed by atoms with E-state index in [1.165, 1.54) is 0 Å². The maximum Gasteiger partial charge on any atom is 0.227 e. The Morgan fingerprint density at radius 2 is 2.17 bits per heavy atom. The van der Waals surface area contributed by atoms with E-state index in [4.69, 9.17) is 10.8 Å². The minimum Gasteiger partial charge on any atom is -0.394 e. The molecule has 0 radical (unpaired) electrons. The van der Waals surface area contributed by atoms with E-state index in [0.717, 1.165) is 0 Å². The molecule has 4 heteroatoms. The van der Waals surface area contributed by atoms with Crippen LogP contribution in [-0.2, 0) is 4.79 Å². The molecule has 0 bridgehead atoms. The number of aliphatic hydroxyl groups is 1. The van der Waals surface area contributed by atoms with Gasteiger partial charge < -0.3 is 16.2 Å². The highest BCUT2D eigenvalue weighted by atomic mass is 16.3. The van der Waals surface area contributed by atoms with Gasteiger partial charge in [-0.05, 0) is 20.8 Å². The zero-order chi connectivity index (χ0) is 9.78. The van der Waals surface area contributed by atoms with Gasteiger partial charge in [0.2, 0.25) is 5.91 Å². The number of carbonyl (C=O) groups excluding carboxylic acids is 1. The summed E-state index contributed by atoms with van der Waals surface area (Å²) in [6, 6.07) is -0.205. The van der Waals surface area contributed by atoms with Crippen molar-refractivity contribution in [3.63, 3.8) is 0 Å². The Labute approximate surface area is 73.1 Å². The lowest BCUT2D eigenvalue weighted by Gasteiger charge is -2.23. The molecule has 1 amide bonds. The second-order valence-corrected chi connectivity index (χ2v) is 3.65. The van der Waals surface area contributed by atoms with Gasteiger partial charge in [0, 0.05) is 12.6 Å². The number of amides is 1. The number of nitrogens with two attached hydrogens (primary N) is 1. The summed E-state index contributed by atoms with van der Waals surface area (Å²) in [5.41, 5.74) is 4.85. The first-order valence-electron chi connectivity index (χ1n) is 4.06. The van der Waals surface area contributed by atoms with Crippen molar-refractivity contribution < 1.29 is 9.90 Å². The summed E-state index contributed by atoms with van der Waals surface area (Å²) in [6.45, 7) is 5.53. The third kappa shape index (κ3) is 3.19. The summed E-state index contributed by atoms with van der Waals surface area (Å²) >= 11 is 0. The number of aliphatic hydroxyl groups excluding tert-OH is 1. The lowest BCUT2D eigenvalue weighted by Crippen LogP contribution is -2.46. The first kappa shape index (κ1) is 11.4. The van der Waals surface area contributed by atoms with E-state index in [1.54, 1.807) is 20.8 Å². The van der Waals surface area contributed by atoms with Crippen molar-refractivity contribution in [1.82, 2.24) is 5.32 Å². The molecule has 0 saturated carbocycles. The molecular formula is C8H18N2O2. The van der Waals surface area contributed by atoms with Crippen LogP contribution in [0.2, 0.25) is 0 Å². The topological polar surface area (TPSA) is 75.3 Å². The standard InChI is InChI=1S/C8H18N2O2/c1-6(4-11)10-7(12)8(2,3)5-9/h6,11H,4-5,9H2,1-3H3,(H,10,12)/t6-/m0/s1. The average Bonchev–Trinajstić information content (AvgIpc) is 2.04. The predicted octanol–water partition coefficient (Wildman–Crippen LogP) is -0.532. The van der Waals surface area contributed by atoms with Crippen LogP contribution in [0.25, 0.3) is 0 Å². The third-order valence-electron chi connectivity index (χ3n) is 1.78. The molecule has 0 aromatic heterocycles. The quantitative estimate of drug-likeness (QED) is 0.536. The van der Waals surface area contributed by atoms with Crippen molar-refractivity contribution in [2.45, 2.75) is 26.8 Å². The van der Waals surface area contributed by atoms with Crippen molar-refractivity contribution in [1.29, 1.82) is 0 Å². The summed E-state index contributed by atoms with van der Waals surface area (Å²) < 4.78 is 0. The molecule has 12 heavy (non-hydrogen) atoms. The van der Waals surface area contributed by atoms with E-state index in [0.29, 0.717) is 6.54 Å². The predicted molar refractivity (Wildman–Crippen MR) is 47.5 cm³/mol. The fraction of sp³-hybridized carbons (Fsp3) is 0.875. The Balaban J connectivity index is 4.03. The van der Waals surface area contributed by atoms with Gasteiger partial charge in [-0.2, -0.15) is 0 Å². The maximum atomic E-state index is 11.4. The van der Waals surface area contributed by atoms with E-state index < -0.39 is 5.41 Å². The molecule has 0 fully saturated rings. The van der Waals surface area contributed by atoms with Gasteiger partial charge in [0.15, 0.2) is 0 Å². The van der Waals surface area contributed by atoms with Crippen molar-refractivity contribution in [2.24, 2.45) is 11.1 Å². The van der Waals surface area contributed by atoms with Crippen LogP contribution < -0.4 is 11.1 Å². The van der Waals surface area contributed by atoms with Gasteiger partial charge in [-0.3, -0.25) is 4.79 Å². The Hall–Kier alpha value is -0.610. The molecule has 1 atom stereocenters. The minimum atomic E-state index is -0.552. The van der Waals surface area contributed by atoms with E-state index in [2.05, 4.69) is 5.32 Å². The van der Waals surface area contributed by atoms with Gasteiger partial charge in [0.1, 0.15) is 0 Å². The van der Waals surface area contributed by atoms with Crippen molar-refractivity contribution in [3.05, 3.63) is 0 Å². The molecule has 0 aliphatic heterocycles. The highest BCUT2D eigenvalue weighted by Gasteiger charge is 2.26. The second kappa shape index (κ2) is 4.42. The molecule has 0 rings (SSSR count). The summed E-state index contributed by atoms with van der Waals surface area (Å²) in [6.07, 6.45) is 0. The zero-order valence-electron chi connectivity index (χ0n) is 7.92. The van der Waals surface area contributed by atoms with E-state index in [-0.39, 0.29) is 18.6 Å². The SMILES string of the molecule is C[C@@H](CO)NC(=O)C(C)(C)CN. The van der Waals surface area contributed by atoms with E-state index >= 15 is 0 Å². The normalized spacial score (nSPS) is 14.1. The van der Waals surface area contributed by atoms with Crippen LogP contribution >= 0.6 is 0 Å². The molecule has 0 aromatic carbocycles. The monoisotopic (exact) mass is 174 g/mol. The summed E-state index contributed by atoms with van der Waals surface area (Å²) in [4.78, 5) is 11.4. The smallest absolute Gasteiger partial charge is 0.227 e. The van der Waals surface area contributed by atoms with Crippen LogP contribution in [0.4, 0.5) is 0 Å². The third-order valence-corrected chi connectivity index (χ3v) is 1.78. The molecule has 0 heterocycles. The van der Waals surface area contributed by atoms with Crippen LogP contribution in [0.1, 0.15) is 20.8 Å². The molecule has 72 valence electrons. The van der Waals surface area contributed by atoms with Crippen LogP contribution in [0.5, 0.6) is 0 Å². The highest BCUT2D eigenvalue weighted by molar-refractivity contribution is 5.82. The lowest BCUT2D eigenvalue weighted by atomic mass is 9.92. The molecule has 0 aromatic rings. The number of hydrogen-bond acceptors (Lipinski definition) is 3. The fourth-order valence-electron chi connectivity index (χ4n) is 0.558. The molecule has 0 saturated heterocycles. The highest BCUT2D eigenvalue weighted by Crippen LogP contribution is 2.12. The van der Waals surface area contributed by atoms with Gasteiger partial charge in [-0.25, -0.2) is 0 Å². The van der Waals surface area contributed by atoms with Crippen LogP contribution in [0.3, 0.4) is 0 Å². The van der Waals surface area contributed by atoms with Gasteiger partial charge in [-0.1, -0.05) is 0 Å². The van der Waals surface area contributed by atoms with Crippen LogP contribution in [0.15, 0.2) is 0 Å². The minimum absolute atomic E-state index is 0.0492. The van der Waals surface area contributed by atoms with Crippen LogP contribution in [0, 0.1) is 5.41 Å². The van der Waals surface area contributed by atoms with Crippen molar-refractivity contribution >= 4 is 5.91 Å². The Morgan fingerprint density at radius 1 is 1.67 bits per heavy atom.